The largest absolute Gasteiger partial charge is 0.424 e. The molecule has 0 radical (unpaired) electrons. The molecule has 0 saturated carbocycles. The van der Waals surface area contributed by atoms with Crippen molar-refractivity contribution in [2.75, 3.05) is 33.0 Å². The van der Waals surface area contributed by atoms with Crippen LogP contribution in [0.5, 0.6) is 0 Å². The van der Waals surface area contributed by atoms with Crippen LogP contribution in [0.15, 0.2) is 4.42 Å². The summed E-state index contributed by atoms with van der Waals surface area (Å²) in [4.78, 5) is 2.37. The number of hydrogen-bond acceptors (Lipinski definition) is 7. The standard InChI is InChI=1S/C15H23N3O4/c1-10-16-17-14(22-10)7-18-6-11-8-21-5-3-15(11,19)12-9-20-4-2-13(12)18/h11-13,19H,2-9H2,1H3/t11-,12+,13-,15-/m0/s1. The van der Waals surface area contributed by atoms with Crippen molar-refractivity contribution >= 4 is 0 Å². The van der Waals surface area contributed by atoms with Crippen molar-refractivity contribution < 1.29 is 19.0 Å². The van der Waals surface area contributed by atoms with E-state index in [9.17, 15) is 5.11 Å². The Morgan fingerprint density at radius 3 is 2.95 bits per heavy atom. The molecule has 3 aliphatic rings. The van der Waals surface area contributed by atoms with E-state index in [1.54, 1.807) is 6.92 Å². The van der Waals surface area contributed by atoms with E-state index in [0.717, 1.165) is 19.6 Å². The van der Waals surface area contributed by atoms with Crippen LogP contribution < -0.4 is 0 Å². The summed E-state index contributed by atoms with van der Waals surface area (Å²) in [6, 6.07) is 0.306. The highest BCUT2D eigenvalue weighted by molar-refractivity contribution is 5.06. The number of hydrogen-bond donors (Lipinski definition) is 1. The zero-order chi connectivity index (χ0) is 15.2. The van der Waals surface area contributed by atoms with Gasteiger partial charge in [0.1, 0.15) is 0 Å². The smallest absolute Gasteiger partial charge is 0.230 e. The van der Waals surface area contributed by atoms with Crippen LogP contribution >= 0.6 is 0 Å². The number of aryl methyl sites for hydroxylation is 1. The Morgan fingerprint density at radius 1 is 1.27 bits per heavy atom. The minimum atomic E-state index is -0.662. The monoisotopic (exact) mass is 309 g/mol. The molecule has 4 heterocycles. The SMILES string of the molecule is Cc1nnc(CN2C[C@H]3COCC[C@@]3(O)[C@@H]3COCC[C@@H]32)o1. The first kappa shape index (κ1) is 14.6. The molecule has 7 nitrogen and oxygen atoms in total. The first-order valence-corrected chi connectivity index (χ1v) is 8.08. The van der Waals surface area contributed by atoms with E-state index in [4.69, 9.17) is 13.9 Å². The van der Waals surface area contributed by atoms with Gasteiger partial charge >= 0.3 is 0 Å². The van der Waals surface area contributed by atoms with Gasteiger partial charge in [0.2, 0.25) is 11.8 Å². The lowest BCUT2D eigenvalue weighted by Gasteiger charge is -2.57. The van der Waals surface area contributed by atoms with Gasteiger partial charge in [-0.3, -0.25) is 4.90 Å². The van der Waals surface area contributed by atoms with Crippen molar-refractivity contribution in [3.63, 3.8) is 0 Å². The Hall–Kier alpha value is -1.02. The summed E-state index contributed by atoms with van der Waals surface area (Å²) in [7, 11) is 0. The van der Waals surface area contributed by atoms with E-state index in [1.165, 1.54) is 0 Å². The van der Waals surface area contributed by atoms with Gasteiger partial charge in [-0.2, -0.15) is 0 Å². The Kier molecular flexibility index (Phi) is 3.68. The van der Waals surface area contributed by atoms with Gasteiger partial charge in [0.25, 0.3) is 0 Å². The summed E-state index contributed by atoms with van der Waals surface area (Å²) in [6.45, 7) is 5.86. The molecule has 0 aliphatic carbocycles. The third-order valence-corrected chi connectivity index (χ3v) is 5.46. The topological polar surface area (TPSA) is 80.9 Å². The Labute approximate surface area is 129 Å². The van der Waals surface area contributed by atoms with Crippen LogP contribution in [0.4, 0.5) is 0 Å². The van der Waals surface area contributed by atoms with E-state index >= 15 is 0 Å². The van der Waals surface area contributed by atoms with Crippen LogP contribution in [0.1, 0.15) is 24.6 Å². The Bertz CT molecular complexity index is 537. The molecule has 4 atom stereocenters. The second-order valence-electron chi connectivity index (χ2n) is 6.69. The predicted octanol–water partition coefficient (Wildman–Crippen LogP) is 0.366. The minimum Gasteiger partial charge on any atom is -0.424 e. The maximum atomic E-state index is 11.2. The first-order valence-electron chi connectivity index (χ1n) is 8.08. The molecule has 7 heteroatoms. The summed E-state index contributed by atoms with van der Waals surface area (Å²) in [5.41, 5.74) is -0.662. The van der Waals surface area contributed by atoms with Gasteiger partial charge in [-0.05, 0) is 6.42 Å². The number of fused-ring (bicyclic) bond motifs is 3. The lowest BCUT2D eigenvalue weighted by Crippen LogP contribution is -2.67. The van der Waals surface area contributed by atoms with Gasteiger partial charge in [0.15, 0.2) is 0 Å². The lowest BCUT2D eigenvalue weighted by molar-refractivity contribution is -0.221. The van der Waals surface area contributed by atoms with Crippen LogP contribution in [0.25, 0.3) is 0 Å². The van der Waals surface area contributed by atoms with Crippen molar-refractivity contribution in [1.29, 1.82) is 0 Å². The third kappa shape index (κ3) is 2.36. The minimum absolute atomic E-state index is 0.119. The van der Waals surface area contributed by atoms with Crippen molar-refractivity contribution in [2.45, 2.75) is 38.0 Å². The second-order valence-corrected chi connectivity index (χ2v) is 6.69. The first-order chi connectivity index (χ1) is 10.7. The number of rotatable bonds is 2. The fraction of sp³-hybridized carbons (Fsp3) is 0.867. The fourth-order valence-electron chi connectivity index (χ4n) is 4.33. The van der Waals surface area contributed by atoms with Crippen molar-refractivity contribution in [1.82, 2.24) is 15.1 Å². The van der Waals surface area contributed by atoms with Crippen LogP contribution in [0, 0.1) is 18.8 Å². The molecule has 0 amide bonds. The molecular formula is C15H23N3O4. The van der Waals surface area contributed by atoms with Gasteiger partial charge in [0, 0.05) is 51.0 Å². The molecule has 4 rings (SSSR count). The van der Waals surface area contributed by atoms with Crippen LogP contribution in [0.2, 0.25) is 0 Å². The zero-order valence-electron chi connectivity index (χ0n) is 12.9. The number of aromatic nitrogens is 2. The molecule has 122 valence electrons. The molecule has 3 aliphatic heterocycles. The highest BCUT2D eigenvalue weighted by atomic mass is 16.5. The van der Waals surface area contributed by atoms with E-state index in [2.05, 4.69) is 15.1 Å². The molecule has 1 aromatic rings. The summed E-state index contributed by atoms with van der Waals surface area (Å²) in [6.07, 6.45) is 1.64. The van der Waals surface area contributed by atoms with Crippen molar-refractivity contribution in [3.8, 4) is 0 Å². The molecule has 3 saturated heterocycles. The molecule has 3 fully saturated rings. The van der Waals surface area contributed by atoms with E-state index in [-0.39, 0.29) is 11.8 Å². The van der Waals surface area contributed by atoms with Gasteiger partial charge in [-0.1, -0.05) is 0 Å². The maximum Gasteiger partial charge on any atom is 0.230 e. The molecular weight excluding hydrogens is 286 g/mol. The number of aliphatic hydroxyl groups is 1. The van der Waals surface area contributed by atoms with Crippen LogP contribution in [0.3, 0.4) is 0 Å². The molecule has 0 bridgehead atoms. The van der Waals surface area contributed by atoms with Crippen LogP contribution in [-0.2, 0) is 16.0 Å². The summed E-state index contributed by atoms with van der Waals surface area (Å²) in [5.74, 6) is 1.49. The average molecular weight is 309 g/mol. The van der Waals surface area contributed by atoms with Gasteiger partial charge < -0.3 is 19.0 Å². The highest BCUT2D eigenvalue weighted by Gasteiger charge is 2.55. The molecule has 1 aromatic heterocycles. The van der Waals surface area contributed by atoms with E-state index in [1.807, 2.05) is 0 Å². The highest BCUT2D eigenvalue weighted by Crippen LogP contribution is 2.44. The maximum absolute atomic E-state index is 11.2. The molecule has 1 N–H and O–H groups in total. The molecule has 0 aromatic carbocycles. The van der Waals surface area contributed by atoms with Gasteiger partial charge in [0.05, 0.1) is 25.4 Å². The normalized spacial score (nSPS) is 39.3. The molecule has 22 heavy (non-hydrogen) atoms. The Morgan fingerprint density at radius 2 is 2.14 bits per heavy atom. The molecule has 0 spiro atoms. The summed E-state index contributed by atoms with van der Waals surface area (Å²) in [5, 5.41) is 19.3. The number of nitrogens with zero attached hydrogens (tertiary/aromatic N) is 3. The number of ether oxygens (including phenoxy) is 2. The number of piperidine rings is 1. The lowest BCUT2D eigenvalue weighted by atomic mass is 9.66. The Balaban J connectivity index is 1.59. The van der Waals surface area contributed by atoms with E-state index < -0.39 is 5.60 Å². The van der Waals surface area contributed by atoms with Gasteiger partial charge in [-0.15, -0.1) is 10.2 Å². The van der Waals surface area contributed by atoms with Crippen molar-refractivity contribution in [3.05, 3.63) is 11.8 Å². The quantitative estimate of drug-likeness (QED) is 0.845. The fourth-order valence-corrected chi connectivity index (χ4v) is 4.33. The van der Waals surface area contributed by atoms with E-state index in [0.29, 0.717) is 50.6 Å². The average Bonchev–Trinajstić information content (AvgIpc) is 2.94. The second kappa shape index (κ2) is 5.56. The summed E-state index contributed by atoms with van der Waals surface area (Å²) < 4.78 is 16.8. The summed E-state index contributed by atoms with van der Waals surface area (Å²) >= 11 is 0. The zero-order valence-corrected chi connectivity index (χ0v) is 12.9. The van der Waals surface area contributed by atoms with Crippen molar-refractivity contribution in [2.24, 2.45) is 11.8 Å². The van der Waals surface area contributed by atoms with Crippen LogP contribution in [-0.4, -0.2) is 64.8 Å². The van der Waals surface area contributed by atoms with Gasteiger partial charge in [-0.25, -0.2) is 0 Å². The molecule has 0 unspecified atom stereocenters. The third-order valence-electron chi connectivity index (χ3n) is 5.46. The predicted molar refractivity (Wildman–Crippen MR) is 76.0 cm³/mol. The number of likely N-dealkylation sites (tertiary alicyclic amines) is 1.